The van der Waals surface area contributed by atoms with Gasteiger partial charge in [0, 0.05) is 18.0 Å². The number of nitriles is 1. The van der Waals surface area contributed by atoms with E-state index in [9.17, 15) is 5.26 Å². The maximum absolute atomic E-state index is 9.48. The van der Waals surface area contributed by atoms with Gasteiger partial charge in [0.2, 0.25) is 0 Å². The van der Waals surface area contributed by atoms with Crippen LogP contribution in [0.5, 0.6) is 0 Å². The predicted molar refractivity (Wildman–Crippen MR) is 84.2 cm³/mol. The van der Waals surface area contributed by atoms with E-state index in [-0.39, 0.29) is 5.47 Å². The van der Waals surface area contributed by atoms with Crippen molar-refractivity contribution in [2.45, 2.75) is 0 Å². The van der Waals surface area contributed by atoms with E-state index >= 15 is 0 Å². The van der Waals surface area contributed by atoms with E-state index in [1.807, 2.05) is 24.3 Å². The summed E-state index contributed by atoms with van der Waals surface area (Å²) in [6.07, 6.45) is 1.25. The number of halogens is 1. The predicted octanol–water partition coefficient (Wildman–Crippen LogP) is 2.75. The average Bonchev–Trinajstić information content (AvgIpc) is 2.47. The van der Waals surface area contributed by atoms with E-state index < -0.39 is 0 Å². The Morgan fingerprint density at radius 2 is 2.15 bits per heavy atom. The smallest absolute Gasteiger partial charge is 0.118 e. The van der Waals surface area contributed by atoms with Gasteiger partial charge >= 0.3 is 0 Å². The Hall–Kier alpha value is -2.25. The highest BCUT2D eigenvalue weighted by Crippen LogP contribution is 2.30. The van der Waals surface area contributed by atoms with Gasteiger partial charge in [0.25, 0.3) is 0 Å². The SMILES string of the molecule is [B]/C(=C/N)C(=NC)c1c(Cl)cc2ccccc2c1C#N. The number of fused-ring (bicyclic) bond motifs is 1. The molecule has 0 saturated carbocycles. The second kappa shape index (κ2) is 5.81. The minimum atomic E-state index is 0.279. The highest BCUT2D eigenvalue weighted by Gasteiger charge is 2.17. The van der Waals surface area contributed by atoms with Crippen molar-refractivity contribution >= 4 is 35.9 Å². The summed E-state index contributed by atoms with van der Waals surface area (Å²) in [5, 5.41) is 11.6. The zero-order valence-corrected chi connectivity index (χ0v) is 11.6. The lowest BCUT2D eigenvalue weighted by molar-refractivity contribution is 1.41. The molecule has 0 aromatic heterocycles. The molecule has 0 atom stereocenters. The number of benzene rings is 2. The van der Waals surface area contributed by atoms with Crippen LogP contribution < -0.4 is 5.73 Å². The van der Waals surface area contributed by atoms with E-state index in [0.717, 1.165) is 10.8 Å². The number of nitrogens with zero attached hydrogens (tertiary/aromatic N) is 2. The van der Waals surface area contributed by atoms with Gasteiger partial charge in [-0.15, -0.1) is 0 Å². The van der Waals surface area contributed by atoms with Crippen LogP contribution in [-0.4, -0.2) is 20.6 Å². The normalized spacial score (nSPS) is 12.4. The summed E-state index contributed by atoms with van der Waals surface area (Å²) < 4.78 is 0. The number of allylic oxidation sites excluding steroid dienone is 1. The van der Waals surface area contributed by atoms with E-state index in [4.69, 9.17) is 25.2 Å². The van der Waals surface area contributed by atoms with Crippen LogP contribution in [0.1, 0.15) is 11.1 Å². The first-order chi connectivity index (χ1) is 9.63. The van der Waals surface area contributed by atoms with Crippen molar-refractivity contribution in [3.8, 4) is 6.07 Å². The van der Waals surface area contributed by atoms with Crippen molar-refractivity contribution in [3.05, 3.63) is 58.2 Å². The fourth-order valence-electron chi connectivity index (χ4n) is 2.13. The van der Waals surface area contributed by atoms with Crippen molar-refractivity contribution in [1.82, 2.24) is 0 Å². The third-order valence-corrected chi connectivity index (χ3v) is 3.32. The topological polar surface area (TPSA) is 62.2 Å². The quantitative estimate of drug-likeness (QED) is 0.678. The largest absolute Gasteiger partial charge is 0.405 e. The molecule has 0 spiro atoms. The van der Waals surface area contributed by atoms with E-state index in [1.54, 1.807) is 13.1 Å². The first-order valence-electron chi connectivity index (χ1n) is 5.90. The highest BCUT2D eigenvalue weighted by atomic mass is 35.5. The zero-order valence-electron chi connectivity index (χ0n) is 10.9. The number of hydrogen-bond donors (Lipinski definition) is 1. The minimum absolute atomic E-state index is 0.279. The lowest BCUT2D eigenvalue weighted by atomic mass is 9.85. The first-order valence-corrected chi connectivity index (χ1v) is 6.28. The van der Waals surface area contributed by atoms with Gasteiger partial charge in [-0.25, -0.2) is 0 Å². The number of nitrogens with two attached hydrogens (primary N) is 1. The maximum Gasteiger partial charge on any atom is 0.118 e. The highest BCUT2D eigenvalue weighted by molar-refractivity contribution is 6.45. The Kier molecular flexibility index (Phi) is 4.12. The van der Waals surface area contributed by atoms with Gasteiger partial charge in [0.1, 0.15) is 13.9 Å². The monoisotopic (exact) mass is 279 g/mol. The van der Waals surface area contributed by atoms with E-state index in [0.29, 0.717) is 21.9 Å². The van der Waals surface area contributed by atoms with Crippen LogP contribution >= 0.6 is 11.6 Å². The van der Waals surface area contributed by atoms with Gasteiger partial charge in [-0.3, -0.25) is 4.99 Å². The standard InChI is InChI=1S/C15H11BClN3/c1-20-15(12(16)8-19)14-11(7-18)10-5-3-2-4-9(10)6-13(14)17/h2-6,8H,19H2,1H3/b12-8+,20-15?. The van der Waals surface area contributed by atoms with Crippen LogP contribution in [0.2, 0.25) is 5.02 Å². The summed E-state index contributed by atoms with van der Waals surface area (Å²) in [5.74, 6) is 0. The molecule has 0 unspecified atom stereocenters. The molecule has 5 heteroatoms. The maximum atomic E-state index is 9.48. The van der Waals surface area contributed by atoms with E-state index in [2.05, 4.69) is 11.1 Å². The van der Waals surface area contributed by atoms with Crippen LogP contribution in [0.4, 0.5) is 0 Å². The van der Waals surface area contributed by atoms with Crippen LogP contribution in [0.15, 0.2) is 47.0 Å². The number of aliphatic imine (C=N–C) groups is 1. The van der Waals surface area contributed by atoms with Crippen LogP contribution in [0.3, 0.4) is 0 Å². The molecule has 2 N–H and O–H groups in total. The first kappa shape index (κ1) is 14.2. The molecule has 0 aliphatic rings. The molecule has 0 aliphatic carbocycles. The molecule has 2 aromatic rings. The molecule has 20 heavy (non-hydrogen) atoms. The summed E-state index contributed by atoms with van der Waals surface area (Å²) in [7, 11) is 7.42. The van der Waals surface area contributed by atoms with Crippen molar-refractivity contribution in [3.63, 3.8) is 0 Å². The number of rotatable bonds is 2. The van der Waals surface area contributed by atoms with E-state index in [1.165, 1.54) is 6.20 Å². The Bertz CT molecular complexity index is 773. The summed E-state index contributed by atoms with van der Waals surface area (Å²) >= 11 is 6.31. The van der Waals surface area contributed by atoms with Gasteiger partial charge in [0.05, 0.1) is 16.3 Å². The van der Waals surface area contributed by atoms with Gasteiger partial charge in [-0.1, -0.05) is 41.3 Å². The molecule has 2 rings (SSSR count). The second-order valence-electron chi connectivity index (χ2n) is 4.14. The molecule has 0 aliphatic heterocycles. The Labute approximate surface area is 123 Å². The van der Waals surface area contributed by atoms with Gasteiger partial charge in [-0.2, -0.15) is 5.26 Å². The molecule has 0 bridgehead atoms. The average molecular weight is 280 g/mol. The minimum Gasteiger partial charge on any atom is -0.405 e. The summed E-state index contributed by atoms with van der Waals surface area (Å²) in [4.78, 5) is 4.11. The van der Waals surface area contributed by atoms with Crippen LogP contribution in [0.25, 0.3) is 10.8 Å². The summed E-state index contributed by atoms with van der Waals surface area (Å²) in [6, 6.07) is 11.5. The summed E-state index contributed by atoms with van der Waals surface area (Å²) in [5.41, 5.74) is 7.09. The molecular weight excluding hydrogens is 268 g/mol. The third kappa shape index (κ3) is 2.28. The molecule has 0 saturated heterocycles. The van der Waals surface area contributed by atoms with Crippen molar-refractivity contribution in [2.24, 2.45) is 10.7 Å². The van der Waals surface area contributed by atoms with Crippen LogP contribution in [0, 0.1) is 11.3 Å². The Morgan fingerprint density at radius 1 is 1.45 bits per heavy atom. The van der Waals surface area contributed by atoms with Crippen LogP contribution in [-0.2, 0) is 0 Å². The molecule has 96 valence electrons. The lowest BCUT2D eigenvalue weighted by Crippen LogP contribution is -2.10. The molecule has 2 radical (unpaired) electrons. The Balaban J connectivity index is 2.90. The second-order valence-corrected chi connectivity index (χ2v) is 4.54. The number of hydrogen-bond acceptors (Lipinski definition) is 3. The molecule has 0 fully saturated rings. The Morgan fingerprint density at radius 3 is 2.75 bits per heavy atom. The molecular formula is C15H11BClN3. The molecule has 0 amide bonds. The van der Waals surface area contributed by atoms with Crippen molar-refractivity contribution < 1.29 is 0 Å². The van der Waals surface area contributed by atoms with Gasteiger partial charge < -0.3 is 5.73 Å². The van der Waals surface area contributed by atoms with Crippen molar-refractivity contribution in [2.75, 3.05) is 7.05 Å². The van der Waals surface area contributed by atoms with Crippen molar-refractivity contribution in [1.29, 1.82) is 5.26 Å². The zero-order chi connectivity index (χ0) is 14.7. The molecule has 0 heterocycles. The van der Waals surface area contributed by atoms with Gasteiger partial charge in [0.15, 0.2) is 0 Å². The fraction of sp³-hybridized carbons (Fsp3) is 0.0667. The molecule has 3 nitrogen and oxygen atoms in total. The lowest BCUT2D eigenvalue weighted by Gasteiger charge is -2.13. The van der Waals surface area contributed by atoms with Gasteiger partial charge in [-0.05, 0) is 17.7 Å². The third-order valence-electron chi connectivity index (χ3n) is 3.03. The molecule has 2 aromatic carbocycles. The summed E-state index contributed by atoms with van der Waals surface area (Å²) in [6.45, 7) is 0. The fourth-order valence-corrected chi connectivity index (χ4v) is 2.43.